The van der Waals surface area contributed by atoms with Crippen molar-refractivity contribution in [2.75, 3.05) is 18.5 Å². The SMILES string of the molecule is C[C@@H](CNC(=O)CCc1ccco1)N(C)c1ccccc1. The molecule has 112 valence electrons. The van der Waals surface area contributed by atoms with Gasteiger partial charge in [-0.25, -0.2) is 0 Å². The van der Waals surface area contributed by atoms with E-state index in [1.807, 2.05) is 37.4 Å². The van der Waals surface area contributed by atoms with Gasteiger partial charge < -0.3 is 14.6 Å². The predicted molar refractivity (Wildman–Crippen MR) is 84.3 cm³/mol. The quantitative estimate of drug-likeness (QED) is 0.851. The van der Waals surface area contributed by atoms with Gasteiger partial charge in [0.25, 0.3) is 0 Å². The molecule has 0 fully saturated rings. The maximum atomic E-state index is 11.8. The van der Waals surface area contributed by atoms with Crippen molar-refractivity contribution in [1.29, 1.82) is 0 Å². The highest BCUT2D eigenvalue weighted by molar-refractivity contribution is 5.76. The van der Waals surface area contributed by atoms with E-state index in [0.29, 0.717) is 19.4 Å². The number of hydrogen-bond acceptors (Lipinski definition) is 3. The number of nitrogens with zero attached hydrogens (tertiary/aromatic N) is 1. The van der Waals surface area contributed by atoms with Crippen LogP contribution in [-0.4, -0.2) is 25.5 Å². The first-order valence-electron chi connectivity index (χ1n) is 7.24. The smallest absolute Gasteiger partial charge is 0.220 e. The number of hydrogen-bond donors (Lipinski definition) is 1. The number of carbonyl (C=O) groups excluding carboxylic acids is 1. The Morgan fingerprint density at radius 3 is 2.67 bits per heavy atom. The van der Waals surface area contributed by atoms with Crippen LogP contribution in [-0.2, 0) is 11.2 Å². The second-order valence-electron chi connectivity index (χ2n) is 5.18. The van der Waals surface area contributed by atoms with E-state index in [-0.39, 0.29) is 11.9 Å². The lowest BCUT2D eigenvalue weighted by atomic mass is 10.2. The van der Waals surface area contributed by atoms with Crippen LogP contribution in [0.4, 0.5) is 5.69 Å². The van der Waals surface area contributed by atoms with Gasteiger partial charge in [0.2, 0.25) is 5.91 Å². The van der Waals surface area contributed by atoms with Crippen molar-refractivity contribution in [3.8, 4) is 0 Å². The highest BCUT2D eigenvalue weighted by Crippen LogP contribution is 2.13. The van der Waals surface area contributed by atoms with E-state index in [2.05, 4.69) is 29.3 Å². The Labute approximate surface area is 125 Å². The van der Waals surface area contributed by atoms with E-state index in [1.165, 1.54) is 0 Å². The van der Waals surface area contributed by atoms with Crippen LogP contribution >= 0.6 is 0 Å². The monoisotopic (exact) mass is 286 g/mol. The number of aryl methyl sites for hydroxylation is 1. The Morgan fingerprint density at radius 1 is 1.24 bits per heavy atom. The van der Waals surface area contributed by atoms with Crippen LogP contribution in [0.2, 0.25) is 0 Å². The Balaban J connectivity index is 1.73. The minimum Gasteiger partial charge on any atom is -0.469 e. The Hall–Kier alpha value is -2.23. The normalized spacial score (nSPS) is 11.9. The third-order valence-electron chi connectivity index (χ3n) is 3.60. The average Bonchev–Trinajstić information content (AvgIpc) is 3.04. The molecule has 0 saturated carbocycles. The Kier molecular flexibility index (Phi) is 5.43. The van der Waals surface area contributed by atoms with E-state index in [1.54, 1.807) is 6.26 Å². The molecule has 1 aromatic heterocycles. The molecular weight excluding hydrogens is 264 g/mol. The molecule has 0 spiro atoms. The summed E-state index contributed by atoms with van der Waals surface area (Å²) >= 11 is 0. The highest BCUT2D eigenvalue weighted by Gasteiger charge is 2.11. The molecule has 1 N–H and O–H groups in total. The van der Waals surface area contributed by atoms with Gasteiger partial charge >= 0.3 is 0 Å². The van der Waals surface area contributed by atoms with Crippen LogP contribution in [0.5, 0.6) is 0 Å². The van der Waals surface area contributed by atoms with E-state index < -0.39 is 0 Å². The summed E-state index contributed by atoms with van der Waals surface area (Å²) in [5.41, 5.74) is 1.15. The van der Waals surface area contributed by atoms with Gasteiger partial charge in [-0.15, -0.1) is 0 Å². The lowest BCUT2D eigenvalue weighted by Crippen LogP contribution is -2.40. The van der Waals surface area contributed by atoms with Gasteiger partial charge in [-0.3, -0.25) is 4.79 Å². The number of furan rings is 1. The second kappa shape index (κ2) is 7.53. The van der Waals surface area contributed by atoms with Crippen LogP contribution in [0, 0.1) is 0 Å². The van der Waals surface area contributed by atoms with E-state index in [9.17, 15) is 4.79 Å². The second-order valence-corrected chi connectivity index (χ2v) is 5.18. The fraction of sp³-hybridized carbons (Fsp3) is 0.353. The summed E-state index contributed by atoms with van der Waals surface area (Å²) in [5.74, 6) is 0.902. The van der Waals surface area contributed by atoms with Gasteiger partial charge in [0.05, 0.1) is 6.26 Å². The molecule has 4 heteroatoms. The van der Waals surface area contributed by atoms with Gasteiger partial charge in [-0.05, 0) is 31.2 Å². The molecule has 0 aliphatic heterocycles. The standard InChI is InChI=1S/C17H22N2O2/c1-14(19(2)15-7-4-3-5-8-15)13-18-17(20)11-10-16-9-6-12-21-16/h3-9,12,14H,10-11,13H2,1-2H3,(H,18,20)/t14-/m0/s1. The molecule has 4 nitrogen and oxygen atoms in total. The van der Waals surface area contributed by atoms with E-state index >= 15 is 0 Å². The van der Waals surface area contributed by atoms with Crippen LogP contribution < -0.4 is 10.2 Å². The first kappa shape index (κ1) is 15.2. The minimum absolute atomic E-state index is 0.0553. The summed E-state index contributed by atoms with van der Waals surface area (Å²) in [4.78, 5) is 14.0. The number of rotatable bonds is 7. The van der Waals surface area contributed by atoms with Crippen molar-refractivity contribution in [2.24, 2.45) is 0 Å². The number of likely N-dealkylation sites (N-methyl/N-ethyl adjacent to an activating group) is 1. The summed E-state index contributed by atoms with van der Waals surface area (Å²) in [7, 11) is 2.04. The van der Waals surface area contributed by atoms with Gasteiger partial charge in [0, 0.05) is 38.2 Å². The fourth-order valence-corrected chi connectivity index (χ4v) is 2.10. The number of carbonyl (C=O) groups is 1. The molecule has 0 saturated heterocycles. The molecule has 21 heavy (non-hydrogen) atoms. The molecule has 1 atom stereocenters. The molecule has 0 radical (unpaired) electrons. The third-order valence-corrected chi connectivity index (χ3v) is 3.60. The number of anilines is 1. The number of amides is 1. The lowest BCUT2D eigenvalue weighted by Gasteiger charge is -2.27. The van der Waals surface area contributed by atoms with Crippen LogP contribution in [0.25, 0.3) is 0 Å². The predicted octanol–water partition coefficient (Wildman–Crippen LogP) is 2.85. The summed E-state index contributed by atoms with van der Waals surface area (Å²) in [5, 5.41) is 2.97. The summed E-state index contributed by atoms with van der Waals surface area (Å²) in [6.07, 6.45) is 2.72. The molecule has 1 aromatic carbocycles. The summed E-state index contributed by atoms with van der Waals surface area (Å²) < 4.78 is 5.22. The largest absolute Gasteiger partial charge is 0.469 e. The highest BCUT2D eigenvalue weighted by atomic mass is 16.3. The molecule has 0 aliphatic rings. The fourth-order valence-electron chi connectivity index (χ4n) is 2.10. The molecule has 0 aliphatic carbocycles. The van der Waals surface area contributed by atoms with Gasteiger partial charge in [-0.1, -0.05) is 18.2 Å². The molecule has 1 amide bonds. The molecule has 2 aromatic rings. The maximum Gasteiger partial charge on any atom is 0.220 e. The van der Waals surface area contributed by atoms with E-state index in [0.717, 1.165) is 11.4 Å². The van der Waals surface area contributed by atoms with Gasteiger partial charge in [0.15, 0.2) is 0 Å². The molecule has 1 heterocycles. The Bertz CT molecular complexity index is 537. The van der Waals surface area contributed by atoms with Crippen LogP contribution in [0.3, 0.4) is 0 Å². The zero-order valence-corrected chi connectivity index (χ0v) is 12.6. The van der Waals surface area contributed by atoms with E-state index in [4.69, 9.17) is 4.42 Å². The van der Waals surface area contributed by atoms with Crippen molar-refractivity contribution in [1.82, 2.24) is 5.32 Å². The first-order valence-corrected chi connectivity index (χ1v) is 7.24. The maximum absolute atomic E-state index is 11.8. The molecule has 2 rings (SSSR count). The summed E-state index contributed by atoms with van der Waals surface area (Å²) in [6.45, 7) is 2.72. The summed E-state index contributed by atoms with van der Waals surface area (Å²) in [6, 6.07) is 14.1. The van der Waals surface area contributed by atoms with Gasteiger partial charge in [0.1, 0.15) is 5.76 Å². The Morgan fingerprint density at radius 2 is 2.00 bits per heavy atom. The lowest BCUT2D eigenvalue weighted by molar-refractivity contribution is -0.121. The first-order chi connectivity index (χ1) is 10.2. The zero-order chi connectivity index (χ0) is 15.1. The number of nitrogens with one attached hydrogen (secondary N) is 1. The number of para-hydroxylation sites is 1. The van der Waals surface area contributed by atoms with Crippen molar-refractivity contribution < 1.29 is 9.21 Å². The molecule has 0 unspecified atom stereocenters. The van der Waals surface area contributed by atoms with Crippen molar-refractivity contribution >= 4 is 11.6 Å². The molecule has 0 bridgehead atoms. The zero-order valence-electron chi connectivity index (χ0n) is 12.6. The van der Waals surface area contributed by atoms with Gasteiger partial charge in [-0.2, -0.15) is 0 Å². The van der Waals surface area contributed by atoms with Crippen LogP contribution in [0.15, 0.2) is 53.1 Å². The third kappa shape index (κ3) is 4.67. The van der Waals surface area contributed by atoms with Crippen LogP contribution in [0.1, 0.15) is 19.1 Å². The number of benzene rings is 1. The topological polar surface area (TPSA) is 45.5 Å². The van der Waals surface area contributed by atoms with Crippen molar-refractivity contribution in [2.45, 2.75) is 25.8 Å². The van der Waals surface area contributed by atoms with Crippen molar-refractivity contribution in [3.05, 3.63) is 54.5 Å². The minimum atomic E-state index is 0.0553. The molecular formula is C17H22N2O2. The van der Waals surface area contributed by atoms with Crippen molar-refractivity contribution in [3.63, 3.8) is 0 Å². The average molecular weight is 286 g/mol.